The maximum Gasteiger partial charge on any atom is 0.335 e. The van der Waals surface area contributed by atoms with Crippen LogP contribution in [-0.4, -0.2) is 41.8 Å². The molecule has 0 bridgehead atoms. The van der Waals surface area contributed by atoms with E-state index < -0.39 is 16.0 Å². The highest BCUT2D eigenvalue weighted by atomic mass is 32.2. The molecule has 1 heterocycles. The maximum absolute atomic E-state index is 12.4. The number of aromatic carboxylic acids is 1. The van der Waals surface area contributed by atoms with Crippen molar-refractivity contribution < 1.29 is 23.4 Å². The summed E-state index contributed by atoms with van der Waals surface area (Å²) in [5, 5.41) is 19.7. The van der Waals surface area contributed by atoms with Crippen LogP contribution in [0.5, 0.6) is 5.88 Å². The summed E-state index contributed by atoms with van der Waals surface area (Å²) in [6.45, 7) is 3.45. The molecule has 0 aliphatic carbocycles. The minimum Gasteiger partial charge on any atom is -0.494 e. The second-order valence-corrected chi connectivity index (χ2v) is 8.20. The van der Waals surface area contributed by atoms with Crippen LogP contribution in [0.1, 0.15) is 29.8 Å². The summed E-state index contributed by atoms with van der Waals surface area (Å²) in [7, 11) is -3.70. The number of fused-ring (bicyclic) bond motifs is 1. The van der Waals surface area contributed by atoms with E-state index in [0.717, 1.165) is 0 Å². The Morgan fingerprint density at radius 2 is 1.96 bits per heavy atom. The van der Waals surface area contributed by atoms with Gasteiger partial charge in [0, 0.05) is 23.2 Å². The van der Waals surface area contributed by atoms with E-state index in [1.54, 1.807) is 32.0 Å². The number of nitrogens with zero attached hydrogens (tertiary/aromatic N) is 1. The van der Waals surface area contributed by atoms with Gasteiger partial charge in [-0.15, -0.1) is 0 Å². The third-order valence-corrected chi connectivity index (χ3v) is 5.58. The van der Waals surface area contributed by atoms with Gasteiger partial charge in [-0.25, -0.2) is 17.9 Å². The summed E-state index contributed by atoms with van der Waals surface area (Å²) >= 11 is 0. The fourth-order valence-electron chi connectivity index (χ4n) is 2.71. The zero-order valence-corrected chi connectivity index (χ0v) is 16.0. The molecule has 3 aromatic rings. The predicted octanol–water partition coefficient (Wildman–Crippen LogP) is 3.01. The Balaban J connectivity index is 2.04. The van der Waals surface area contributed by atoms with Crippen LogP contribution in [0, 0.1) is 0 Å². The molecule has 0 saturated carbocycles. The standard InChI is InChI=1S/C19H19N3O5S/c1-11(2)22-28(26,27)14-6-7-17-15(9-14)16(18(23)21-17)10-20-13-5-3-4-12(8-13)19(24)25/h3-11,21-23H,1-2H3,(H,24,25). The van der Waals surface area contributed by atoms with Gasteiger partial charge in [-0.1, -0.05) is 6.07 Å². The quantitative estimate of drug-likeness (QED) is 0.472. The van der Waals surface area contributed by atoms with Gasteiger partial charge in [0.25, 0.3) is 0 Å². The number of aromatic nitrogens is 1. The Bertz CT molecular complexity index is 1180. The lowest BCUT2D eigenvalue weighted by Gasteiger charge is -2.09. The molecule has 4 N–H and O–H groups in total. The van der Waals surface area contributed by atoms with E-state index in [9.17, 15) is 18.3 Å². The van der Waals surface area contributed by atoms with Crippen LogP contribution in [0.3, 0.4) is 0 Å². The lowest BCUT2D eigenvalue weighted by molar-refractivity contribution is 0.0697. The first kappa shape index (κ1) is 19.6. The average Bonchev–Trinajstić information content (AvgIpc) is 2.93. The van der Waals surface area contributed by atoms with Gasteiger partial charge in [-0.05, 0) is 50.2 Å². The van der Waals surface area contributed by atoms with Crippen LogP contribution >= 0.6 is 0 Å². The van der Waals surface area contributed by atoms with Crippen molar-refractivity contribution >= 4 is 38.8 Å². The van der Waals surface area contributed by atoms with Gasteiger partial charge in [-0.2, -0.15) is 0 Å². The van der Waals surface area contributed by atoms with E-state index in [-0.39, 0.29) is 22.4 Å². The number of hydrogen-bond donors (Lipinski definition) is 4. The number of aromatic hydroxyl groups is 1. The van der Waals surface area contributed by atoms with Crippen LogP contribution in [0.4, 0.5) is 5.69 Å². The van der Waals surface area contributed by atoms with E-state index in [1.165, 1.54) is 30.5 Å². The van der Waals surface area contributed by atoms with Crippen molar-refractivity contribution in [3.8, 4) is 5.88 Å². The molecule has 28 heavy (non-hydrogen) atoms. The van der Waals surface area contributed by atoms with Crippen molar-refractivity contribution in [1.82, 2.24) is 9.71 Å². The molecule has 0 unspecified atom stereocenters. The molecular formula is C19H19N3O5S. The summed E-state index contributed by atoms with van der Waals surface area (Å²) in [4.78, 5) is 18.1. The molecule has 9 heteroatoms. The lowest BCUT2D eigenvalue weighted by atomic mass is 10.2. The van der Waals surface area contributed by atoms with Crippen molar-refractivity contribution in [3.63, 3.8) is 0 Å². The zero-order chi connectivity index (χ0) is 20.5. The summed E-state index contributed by atoms with van der Waals surface area (Å²) in [5.74, 6) is -1.24. The molecule has 8 nitrogen and oxygen atoms in total. The minimum atomic E-state index is -3.70. The SMILES string of the molecule is CC(C)NS(=O)(=O)c1ccc2[nH]c(O)c(C=Nc3cccc(C(=O)O)c3)c2c1. The maximum atomic E-state index is 12.4. The first-order valence-electron chi connectivity index (χ1n) is 8.42. The third kappa shape index (κ3) is 4.05. The predicted molar refractivity (Wildman–Crippen MR) is 106 cm³/mol. The molecule has 0 aliphatic rings. The second kappa shape index (κ2) is 7.45. The highest BCUT2D eigenvalue weighted by molar-refractivity contribution is 7.89. The van der Waals surface area contributed by atoms with Crippen molar-refractivity contribution in [3.05, 3.63) is 53.6 Å². The zero-order valence-electron chi connectivity index (χ0n) is 15.2. The Kier molecular flexibility index (Phi) is 5.21. The topological polar surface area (TPSA) is 132 Å². The van der Waals surface area contributed by atoms with Crippen LogP contribution in [-0.2, 0) is 10.0 Å². The molecule has 0 fully saturated rings. The number of hydrogen-bond acceptors (Lipinski definition) is 5. The molecule has 0 radical (unpaired) electrons. The van der Waals surface area contributed by atoms with Gasteiger partial charge in [0.2, 0.25) is 10.0 Å². The first-order chi connectivity index (χ1) is 13.2. The first-order valence-corrected chi connectivity index (χ1v) is 9.90. The molecule has 0 spiro atoms. The Labute approximate surface area is 161 Å². The normalized spacial score (nSPS) is 12.2. The number of carbonyl (C=O) groups is 1. The average molecular weight is 401 g/mol. The largest absolute Gasteiger partial charge is 0.494 e. The molecule has 0 amide bonds. The van der Waals surface area contributed by atoms with E-state index in [1.807, 2.05) is 0 Å². The van der Waals surface area contributed by atoms with E-state index >= 15 is 0 Å². The van der Waals surface area contributed by atoms with E-state index in [4.69, 9.17) is 5.11 Å². The number of aliphatic imine (C=N–C) groups is 1. The molecule has 2 aromatic carbocycles. The van der Waals surface area contributed by atoms with Gasteiger partial charge < -0.3 is 15.2 Å². The second-order valence-electron chi connectivity index (χ2n) is 6.48. The Hall–Kier alpha value is -3.17. The number of H-pyrrole nitrogens is 1. The molecule has 0 atom stereocenters. The van der Waals surface area contributed by atoms with Crippen molar-refractivity contribution in [2.24, 2.45) is 4.99 Å². The molecular weight excluding hydrogens is 382 g/mol. The summed E-state index contributed by atoms with van der Waals surface area (Å²) < 4.78 is 27.3. The number of carboxylic acids is 1. The van der Waals surface area contributed by atoms with Gasteiger partial charge in [-0.3, -0.25) is 4.99 Å². The third-order valence-electron chi connectivity index (χ3n) is 3.93. The van der Waals surface area contributed by atoms with E-state index in [0.29, 0.717) is 22.2 Å². The number of sulfonamides is 1. The fraction of sp³-hybridized carbons (Fsp3) is 0.158. The van der Waals surface area contributed by atoms with E-state index in [2.05, 4.69) is 14.7 Å². The number of rotatable bonds is 6. The van der Waals surface area contributed by atoms with Crippen LogP contribution < -0.4 is 4.72 Å². The summed E-state index contributed by atoms with van der Waals surface area (Å²) in [6.07, 6.45) is 1.36. The lowest BCUT2D eigenvalue weighted by Crippen LogP contribution is -2.30. The molecule has 0 aliphatic heterocycles. The molecule has 146 valence electrons. The monoisotopic (exact) mass is 401 g/mol. The molecule has 3 rings (SSSR count). The van der Waals surface area contributed by atoms with Gasteiger partial charge in [0.15, 0.2) is 5.88 Å². The highest BCUT2D eigenvalue weighted by Crippen LogP contribution is 2.28. The summed E-state index contributed by atoms with van der Waals surface area (Å²) in [6, 6.07) is 10.2. The number of carboxylic acid groups (broad SMARTS) is 1. The van der Waals surface area contributed by atoms with Gasteiger partial charge in [0.1, 0.15) is 0 Å². The molecule has 1 aromatic heterocycles. The Morgan fingerprint density at radius 3 is 2.64 bits per heavy atom. The summed E-state index contributed by atoms with van der Waals surface area (Å²) in [5.41, 5.74) is 1.32. The van der Waals surface area contributed by atoms with Crippen LogP contribution in [0.15, 0.2) is 52.4 Å². The van der Waals surface area contributed by atoms with Crippen LogP contribution in [0.25, 0.3) is 10.9 Å². The van der Waals surface area contributed by atoms with Gasteiger partial charge in [0.05, 0.1) is 21.7 Å². The minimum absolute atomic E-state index is 0.0650. The number of aromatic amines is 1. The van der Waals surface area contributed by atoms with Crippen molar-refractivity contribution in [1.29, 1.82) is 0 Å². The van der Waals surface area contributed by atoms with Crippen molar-refractivity contribution in [2.75, 3.05) is 0 Å². The molecule has 0 saturated heterocycles. The van der Waals surface area contributed by atoms with Crippen molar-refractivity contribution in [2.45, 2.75) is 24.8 Å². The Morgan fingerprint density at radius 1 is 1.21 bits per heavy atom. The van der Waals surface area contributed by atoms with Gasteiger partial charge >= 0.3 is 5.97 Å². The smallest absolute Gasteiger partial charge is 0.335 e. The fourth-order valence-corrected chi connectivity index (χ4v) is 3.99. The highest BCUT2D eigenvalue weighted by Gasteiger charge is 2.18. The van der Waals surface area contributed by atoms with Crippen LogP contribution in [0.2, 0.25) is 0 Å². The number of nitrogens with one attached hydrogen (secondary N) is 2. The number of benzene rings is 2.